The molecule has 1 rings (SSSR count). The number of benzene rings is 1. The molecular weight excluding hydrogens is 350 g/mol. The van der Waals surface area contributed by atoms with Crippen molar-refractivity contribution in [2.75, 3.05) is 26.7 Å². The zero-order valence-electron chi connectivity index (χ0n) is 16.6. The van der Waals surface area contributed by atoms with Crippen LogP contribution in [-0.2, 0) is 9.53 Å². The first-order valence-corrected chi connectivity index (χ1v) is 8.80. The summed E-state index contributed by atoms with van der Waals surface area (Å²) in [7, 11) is 1.39. The second-order valence-electron chi connectivity index (χ2n) is 7.95. The summed E-state index contributed by atoms with van der Waals surface area (Å²) in [6.45, 7) is 9.55. The molecule has 27 heavy (non-hydrogen) atoms. The number of ether oxygens (including phenoxy) is 1. The number of hydrogen-bond donors (Lipinski definition) is 2. The molecular formula is C19H29N3O5. The lowest BCUT2D eigenvalue weighted by Gasteiger charge is -2.33. The van der Waals surface area contributed by atoms with Gasteiger partial charge in [0, 0.05) is 37.3 Å². The number of amides is 1. The van der Waals surface area contributed by atoms with Crippen LogP contribution in [-0.4, -0.2) is 43.5 Å². The van der Waals surface area contributed by atoms with Gasteiger partial charge in [-0.1, -0.05) is 13.8 Å². The van der Waals surface area contributed by atoms with E-state index >= 15 is 0 Å². The topological polar surface area (TPSA) is 111 Å². The molecule has 0 aliphatic heterocycles. The maximum absolute atomic E-state index is 12.0. The molecule has 0 aliphatic rings. The third kappa shape index (κ3) is 7.34. The first-order valence-electron chi connectivity index (χ1n) is 8.80. The number of carbonyl (C=O) groups excluding carboxylic acids is 2. The van der Waals surface area contributed by atoms with Crippen molar-refractivity contribution in [1.82, 2.24) is 10.6 Å². The van der Waals surface area contributed by atoms with Crippen molar-refractivity contribution in [3.63, 3.8) is 0 Å². The molecule has 0 unspecified atom stereocenters. The molecule has 150 valence electrons. The first kappa shape index (κ1) is 22.6. The van der Waals surface area contributed by atoms with Crippen LogP contribution in [0.5, 0.6) is 0 Å². The van der Waals surface area contributed by atoms with Gasteiger partial charge in [-0.15, -0.1) is 0 Å². The van der Waals surface area contributed by atoms with E-state index in [2.05, 4.69) is 24.5 Å². The summed E-state index contributed by atoms with van der Waals surface area (Å²) in [4.78, 5) is 34.0. The second kappa shape index (κ2) is 9.45. The van der Waals surface area contributed by atoms with Gasteiger partial charge in [0.05, 0.1) is 17.4 Å². The Morgan fingerprint density at radius 1 is 1.11 bits per heavy atom. The number of carbonyl (C=O) groups is 2. The van der Waals surface area contributed by atoms with Crippen molar-refractivity contribution in [3.8, 4) is 0 Å². The van der Waals surface area contributed by atoms with Crippen molar-refractivity contribution in [3.05, 3.63) is 39.9 Å². The Kier molecular flexibility index (Phi) is 7.90. The molecule has 0 saturated carbocycles. The van der Waals surface area contributed by atoms with Crippen molar-refractivity contribution < 1.29 is 19.2 Å². The van der Waals surface area contributed by atoms with Gasteiger partial charge in [0.25, 0.3) is 11.6 Å². The third-order valence-electron chi connectivity index (χ3n) is 4.19. The normalized spacial score (nSPS) is 11.7. The lowest BCUT2D eigenvalue weighted by molar-refractivity contribution is -0.384. The monoisotopic (exact) mass is 379 g/mol. The summed E-state index contributed by atoms with van der Waals surface area (Å²) >= 11 is 0. The van der Waals surface area contributed by atoms with Gasteiger partial charge in [0.1, 0.15) is 0 Å². The Labute approximate surface area is 159 Å². The van der Waals surface area contributed by atoms with E-state index in [1.807, 2.05) is 13.8 Å². The van der Waals surface area contributed by atoms with Gasteiger partial charge in [-0.05, 0) is 37.8 Å². The number of nitro benzene ring substituents is 1. The van der Waals surface area contributed by atoms with E-state index < -0.39 is 10.3 Å². The number of hydrogen-bond acceptors (Lipinski definition) is 6. The molecule has 0 radical (unpaired) electrons. The van der Waals surface area contributed by atoms with Crippen molar-refractivity contribution in [2.24, 2.45) is 10.8 Å². The summed E-state index contributed by atoms with van der Waals surface area (Å²) in [6.07, 6.45) is 0.662. The molecule has 1 amide bonds. The minimum atomic E-state index is -0.565. The van der Waals surface area contributed by atoms with E-state index in [0.29, 0.717) is 31.6 Å². The number of nitro groups is 1. The molecule has 0 saturated heterocycles. The van der Waals surface area contributed by atoms with E-state index in [-0.39, 0.29) is 23.0 Å². The molecule has 0 aliphatic carbocycles. The van der Waals surface area contributed by atoms with E-state index in [9.17, 15) is 19.7 Å². The van der Waals surface area contributed by atoms with Crippen LogP contribution >= 0.6 is 0 Å². The molecule has 0 heterocycles. The van der Waals surface area contributed by atoms with Crippen LogP contribution in [0.25, 0.3) is 0 Å². The fourth-order valence-electron chi connectivity index (χ4n) is 3.14. The van der Waals surface area contributed by atoms with Gasteiger partial charge in [0.2, 0.25) is 0 Å². The Bertz CT molecular complexity index is 668. The number of nitrogens with zero attached hydrogens (tertiary/aromatic N) is 1. The van der Waals surface area contributed by atoms with E-state index in [1.54, 1.807) is 0 Å². The van der Waals surface area contributed by atoms with Crippen LogP contribution < -0.4 is 10.6 Å². The zero-order chi connectivity index (χ0) is 20.7. The molecule has 1 aromatic carbocycles. The van der Waals surface area contributed by atoms with E-state index in [4.69, 9.17) is 4.74 Å². The number of non-ortho nitro benzene ring substituents is 1. The van der Waals surface area contributed by atoms with Crippen LogP contribution in [0.1, 0.15) is 44.5 Å². The van der Waals surface area contributed by atoms with Crippen LogP contribution in [0.15, 0.2) is 24.3 Å². The Hall–Kier alpha value is -2.48. The number of nitrogens with one attached hydrogen (secondary N) is 2. The lowest BCUT2D eigenvalue weighted by atomic mass is 9.75. The highest BCUT2D eigenvalue weighted by Gasteiger charge is 2.35. The average molecular weight is 379 g/mol. The predicted octanol–water partition coefficient (Wildman–Crippen LogP) is 2.53. The molecule has 0 bridgehead atoms. The van der Waals surface area contributed by atoms with Gasteiger partial charge < -0.3 is 15.4 Å². The van der Waals surface area contributed by atoms with E-state index in [0.717, 1.165) is 0 Å². The molecule has 8 heteroatoms. The minimum Gasteiger partial charge on any atom is -0.469 e. The first-order chi connectivity index (χ1) is 12.5. The molecule has 0 spiro atoms. The Balaban J connectivity index is 2.37. The van der Waals surface area contributed by atoms with Crippen LogP contribution in [0.2, 0.25) is 0 Å². The summed E-state index contributed by atoms with van der Waals surface area (Å²) in [5.74, 6) is -0.510. The summed E-state index contributed by atoms with van der Waals surface area (Å²) in [5.41, 5.74) is -0.365. The smallest absolute Gasteiger partial charge is 0.311 e. The minimum absolute atomic E-state index is 0.0506. The standard InChI is InChI=1S/C19H29N3O5/c1-18(2,12-19(3,4)17(24)27-5)13-20-10-11-21-16(23)14-6-8-15(9-7-14)22(25)26/h6-9,20H,10-13H2,1-5H3,(H,21,23). The number of esters is 1. The molecule has 8 nitrogen and oxygen atoms in total. The van der Waals surface area contributed by atoms with Gasteiger partial charge in [-0.25, -0.2) is 0 Å². The Morgan fingerprint density at radius 2 is 1.70 bits per heavy atom. The maximum atomic E-state index is 12.0. The zero-order valence-corrected chi connectivity index (χ0v) is 16.6. The SMILES string of the molecule is COC(=O)C(C)(C)CC(C)(C)CNCCNC(=O)c1ccc([N+](=O)[O-])cc1. The fraction of sp³-hybridized carbons (Fsp3) is 0.579. The summed E-state index contributed by atoms with van der Waals surface area (Å²) in [5, 5.41) is 16.7. The van der Waals surface area contributed by atoms with Crippen LogP contribution in [0, 0.1) is 20.9 Å². The Morgan fingerprint density at radius 3 is 2.22 bits per heavy atom. The number of rotatable bonds is 10. The molecule has 0 aromatic heterocycles. The highest BCUT2D eigenvalue weighted by atomic mass is 16.6. The quantitative estimate of drug-likeness (QED) is 0.280. The van der Waals surface area contributed by atoms with Gasteiger partial charge in [-0.3, -0.25) is 19.7 Å². The van der Waals surface area contributed by atoms with Crippen molar-refractivity contribution >= 4 is 17.6 Å². The van der Waals surface area contributed by atoms with Gasteiger partial charge in [-0.2, -0.15) is 0 Å². The van der Waals surface area contributed by atoms with Crippen molar-refractivity contribution in [1.29, 1.82) is 0 Å². The van der Waals surface area contributed by atoms with E-state index in [1.165, 1.54) is 31.4 Å². The molecule has 1 aromatic rings. The highest BCUT2D eigenvalue weighted by Crippen LogP contribution is 2.34. The summed E-state index contributed by atoms with van der Waals surface area (Å²) < 4.78 is 4.85. The van der Waals surface area contributed by atoms with Crippen LogP contribution in [0.3, 0.4) is 0 Å². The molecule has 0 fully saturated rings. The molecule has 2 N–H and O–H groups in total. The van der Waals surface area contributed by atoms with Crippen molar-refractivity contribution in [2.45, 2.75) is 34.1 Å². The predicted molar refractivity (Wildman–Crippen MR) is 102 cm³/mol. The lowest BCUT2D eigenvalue weighted by Crippen LogP contribution is -2.39. The van der Waals surface area contributed by atoms with Gasteiger partial charge >= 0.3 is 5.97 Å². The highest BCUT2D eigenvalue weighted by molar-refractivity contribution is 5.94. The average Bonchev–Trinajstić information content (AvgIpc) is 2.59. The molecule has 0 atom stereocenters. The second-order valence-corrected chi connectivity index (χ2v) is 7.95. The third-order valence-corrected chi connectivity index (χ3v) is 4.19. The largest absolute Gasteiger partial charge is 0.469 e. The van der Waals surface area contributed by atoms with Gasteiger partial charge in [0.15, 0.2) is 0 Å². The van der Waals surface area contributed by atoms with Crippen LogP contribution in [0.4, 0.5) is 5.69 Å². The maximum Gasteiger partial charge on any atom is 0.311 e. The number of methoxy groups -OCH3 is 1. The summed E-state index contributed by atoms with van der Waals surface area (Å²) in [6, 6.07) is 5.47. The fourth-order valence-corrected chi connectivity index (χ4v) is 3.14.